The molecule has 1 fully saturated rings. The summed E-state index contributed by atoms with van der Waals surface area (Å²) < 4.78 is 0. The molecule has 1 amide bonds. The van der Waals surface area contributed by atoms with Crippen molar-refractivity contribution < 1.29 is 4.79 Å². The van der Waals surface area contributed by atoms with E-state index in [1.807, 2.05) is 0 Å². The van der Waals surface area contributed by atoms with Crippen molar-refractivity contribution >= 4 is 5.91 Å². The van der Waals surface area contributed by atoms with Crippen molar-refractivity contribution in [3.05, 3.63) is 0 Å². The van der Waals surface area contributed by atoms with Gasteiger partial charge in [-0.05, 0) is 38.1 Å². The van der Waals surface area contributed by atoms with Gasteiger partial charge >= 0.3 is 0 Å². The maximum atomic E-state index is 12.0. The van der Waals surface area contributed by atoms with E-state index in [1.54, 1.807) is 0 Å². The predicted molar refractivity (Wildman–Crippen MR) is 65.8 cm³/mol. The Bertz CT molecular complexity index is 232. The minimum absolute atomic E-state index is 0.0241. The van der Waals surface area contributed by atoms with E-state index in [-0.39, 0.29) is 5.91 Å². The van der Waals surface area contributed by atoms with Crippen molar-refractivity contribution in [3.63, 3.8) is 0 Å². The number of unbranched alkanes of at least 4 members (excludes halogenated alkanes) is 1. The van der Waals surface area contributed by atoms with E-state index in [1.165, 1.54) is 6.42 Å². The molecule has 94 valence electrons. The van der Waals surface area contributed by atoms with Gasteiger partial charge in [0.2, 0.25) is 5.91 Å². The lowest BCUT2D eigenvalue weighted by molar-refractivity contribution is -0.128. The molecule has 1 aliphatic rings. The number of carbonyl (C=O) groups is 1. The Morgan fingerprint density at radius 3 is 2.88 bits per heavy atom. The lowest BCUT2D eigenvalue weighted by atomic mass is 9.76. The number of nitrogens with one attached hydrogen (secondary N) is 1. The Morgan fingerprint density at radius 2 is 2.25 bits per heavy atom. The third-order valence-electron chi connectivity index (χ3n) is 3.40. The third kappa shape index (κ3) is 3.76. The molecule has 2 unspecified atom stereocenters. The summed E-state index contributed by atoms with van der Waals surface area (Å²) in [5.41, 5.74) is 10.9. The summed E-state index contributed by atoms with van der Waals surface area (Å²) >= 11 is 0. The van der Waals surface area contributed by atoms with Crippen LogP contribution >= 0.6 is 0 Å². The monoisotopic (exact) mass is 227 g/mol. The van der Waals surface area contributed by atoms with E-state index in [4.69, 9.17) is 11.5 Å². The Labute approximate surface area is 98.1 Å². The van der Waals surface area contributed by atoms with Crippen LogP contribution in [0, 0.1) is 5.92 Å². The maximum absolute atomic E-state index is 12.0. The zero-order chi connectivity index (χ0) is 12.0. The van der Waals surface area contributed by atoms with Gasteiger partial charge in [0, 0.05) is 6.54 Å². The van der Waals surface area contributed by atoms with Crippen LogP contribution in [0.15, 0.2) is 0 Å². The minimum Gasteiger partial charge on any atom is -0.355 e. The lowest BCUT2D eigenvalue weighted by Crippen LogP contribution is -2.56. The highest BCUT2D eigenvalue weighted by Crippen LogP contribution is 2.30. The topological polar surface area (TPSA) is 81.1 Å². The fraction of sp³-hybridized carbons (Fsp3) is 0.917. The molecular weight excluding hydrogens is 202 g/mol. The van der Waals surface area contributed by atoms with Crippen molar-refractivity contribution in [2.75, 3.05) is 13.1 Å². The van der Waals surface area contributed by atoms with E-state index in [2.05, 4.69) is 12.2 Å². The van der Waals surface area contributed by atoms with Gasteiger partial charge in [0.15, 0.2) is 0 Å². The van der Waals surface area contributed by atoms with Crippen LogP contribution in [0.3, 0.4) is 0 Å². The van der Waals surface area contributed by atoms with Gasteiger partial charge in [0.05, 0.1) is 5.54 Å². The van der Waals surface area contributed by atoms with Crippen molar-refractivity contribution in [1.29, 1.82) is 0 Å². The van der Waals surface area contributed by atoms with Crippen LogP contribution in [0.1, 0.15) is 45.4 Å². The summed E-state index contributed by atoms with van der Waals surface area (Å²) in [6, 6.07) is 0. The largest absolute Gasteiger partial charge is 0.355 e. The highest BCUT2D eigenvalue weighted by atomic mass is 16.2. The highest BCUT2D eigenvalue weighted by molar-refractivity contribution is 5.86. The summed E-state index contributed by atoms with van der Waals surface area (Å²) in [7, 11) is 0. The first-order chi connectivity index (χ1) is 7.58. The van der Waals surface area contributed by atoms with Gasteiger partial charge in [0.25, 0.3) is 0 Å². The molecule has 0 radical (unpaired) electrons. The first-order valence-corrected chi connectivity index (χ1v) is 6.36. The third-order valence-corrected chi connectivity index (χ3v) is 3.40. The van der Waals surface area contributed by atoms with Crippen LogP contribution < -0.4 is 16.8 Å². The molecule has 0 heterocycles. The highest BCUT2D eigenvalue weighted by Gasteiger charge is 2.37. The van der Waals surface area contributed by atoms with Gasteiger partial charge in [-0.2, -0.15) is 0 Å². The smallest absolute Gasteiger partial charge is 0.240 e. The Balaban J connectivity index is 2.33. The summed E-state index contributed by atoms with van der Waals surface area (Å²) in [4.78, 5) is 12.0. The SMILES string of the molecule is CC1CCCC(N)(C(=O)NCCCCN)C1. The Kier molecular flexibility index (Phi) is 5.22. The van der Waals surface area contributed by atoms with Crippen LogP contribution in [-0.2, 0) is 4.79 Å². The Hall–Kier alpha value is -0.610. The lowest BCUT2D eigenvalue weighted by Gasteiger charge is -2.35. The summed E-state index contributed by atoms with van der Waals surface area (Å²) in [6.07, 6.45) is 5.78. The van der Waals surface area contributed by atoms with Crippen molar-refractivity contribution in [2.45, 2.75) is 51.0 Å². The molecule has 1 rings (SSSR count). The molecule has 0 spiro atoms. The van der Waals surface area contributed by atoms with Gasteiger partial charge < -0.3 is 16.8 Å². The zero-order valence-electron chi connectivity index (χ0n) is 10.3. The number of amides is 1. The summed E-state index contributed by atoms with van der Waals surface area (Å²) in [6.45, 7) is 3.55. The molecule has 0 aromatic heterocycles. The molecule has 1 saturated carbocycles. The molecule has 0 aromatic rings. The normalized spacial score (nSPS) is 30.1. The summed E-state index contributed by atoms with van der Waals surface area (Å²) in [5.74, 6) is 0.588. The minimum atomic E-state index is -0.625. The Morgan fingerprint density at radius 1 is 1.50 bits per heavy atom. The second kappa shape index (κ2) is 6.21. The fourth-order valence-corrected chi connectivity index (χ4v) is 2.45. The van der Waals surface area contributed by atoms with Crippen LogP contribution in [0.4, 0.5) is 0 Å². The van der Waals surface area contributed by atoms with E-state index >= 15 is 0 Å². The molecule has 0 aliphatic heterocycles. The van der Waals surface area contributed by atoms with E-state index in [0.29, 0.717) is 19.0 Å². The molecule has 1 aliphatic carbocycles. The number of hydrogen-bond donors (Lipinski definition) is 3. The molecule has 0 bridgehead atoms. The maximum Gasteiger partial charge on any atom is 0.240 e. The number of hydrogen-bond acceptors (Lipinski definition) is 3. The van der Waals surface area contributed by atoms with E-state index in [0.717, 1.165) is 32.1 Å². The molecule has 5 N–H and O–H groups in total. The van der Waals surface area contributed by atoms with Crippen molar-refractivity contribution in [3.8, 4) is 0 Å². The number of nitrogens with two attached hydrogens (primary N) is 2. The molecule has 4 heteroatoms. The average molecular weight is 227 g/mol. The first kappa shape index (κ1) is 13.5. The second-order valence-corrected chi connectivity index (χ2v) is 5.11. The predicted octanol–water partition coefficient (Wildman–Crippen LogP) is 0.749. The molecule has 0 saturated heterocycles. The van der Waals surface area contributed by atoms with Crippen molar-refractivity contribution in [2.24, 2.45) is 17.4 Å². The van der Waals surface area contributed by atoms with Crippen LogP contribution in [0.2, 0.25) is 0 Å². The van der Waals surface area contributed by atoms with Gasteiger partial charge in [-0.25, -0.2) is 0 Å². The molecule has 0 aromatic carbocycles. The van der Waals surface area contributed by atoms with Crippen LogP contribution in [0.25, 0.3) is 0 Å². The average Bonchev–Trinajstić information content (AvgIpc) is 2.23. The van der Waals surface area contributed by atoms with Gasteiger partial charge in [0.1, 0.15) is 0 Å². The van der Waals surface area contributed by atoms with E-state index < -0.39 is 5.54 Å². The number of carbonyl (C=O) groups excluding carboxylic acids is 1. The quantitative estimate of drug-likeness (QED) is 0.606. The molecule has 4 nitrogen and oxygen atoms in total. The standard InChI is InChI=1S/C12H25N3O/c1-10-5-4-6-12(14,9-10)11(16)15-8-3-2-7-13/h10H,2-9,13-14H2,1H3,(H,15,16). The van der Waals surface area contributed by atoms with Crippen molar-refractivity contribution in [1.82, 2.24) is 5.32 Å². The van der Waals surface area contributed by atoms with Gasteiger partial charge in [-0.15, -0.1) is 0 Å². The van der Waals surface area contributed by atoms with Gasteiger partial charge in [-0.1, -0.05) is 19.8 Å². The second-order valence-electron chi connectivity index (χ2n) is 5.11. The first-order valence-electron chi connectivity index (χ1n) is 6.36. The molecular formula is C12H25N3O. The molecule has 2 atom stereocenters. The van der Waals surface area contributed by atoms with E-state index in [9.17, 15) is 4.79 Å². The fourth-order valence-electron chi connectivity index (χ4n) is 2.45. The van der Waals surface area contributed by atoms with Gasteiger partial charge in [-0.3, -0.25) is 4.79 Å². The van der Waals surface area contributed by atoms with Crippen LogP contribution in [0.5, 0.6) is 0 Å². The summed E-state index contributed by atoms with van der Waals surface area (Å²) in [5, 5.41) is 2.93. The van der Waals surface area contributed by atoms with Crippen LogP contribution in [-0.4, -0.2) is 24.5 Å². The zero-order valence-corrected chi connectivity index (χ0v) is 10.3. The number of rotatable bonds is 5. The molecule has 16 heavy (non-hydrogen) atoms.